The number of alkyl halides is 9. The van der Waals surface area contributed by atoms with Gasteiger partial charge in [0.25, 0.3) is 0 Å². The molecule has 0 N–H and O–H groups in total. The molecule has 2 atom stereocenters. The maximum atomic E-state index is 14.9. The van der Waals surface area contributed by atoms with E-state index < -0.39 is 71.5 Å². The van der Waals surface area contributed by atoms with Gasteiger partial charge in [0.05, 0.1) is 16.8 Å². The zero-order valence-corrected chi connectivity index (χ0v) is 16.9. The highest BCUT2D eigenvalue weighted by molar-refractivity contribution is 9.09. The average molecular weight is 521 g/mol. The van der Waals surface area contributed by atoms with Crippen molar-refractivity contribution >= 4 is 21.9 Å². The Balaban J connectivity index is 2.02. The van der Waals surface area contributed by atoms with Crippen molar-refractivity contribution < 1.29 is 44.7 Å². The summed E-state index contributed by atoms with van der Waals surface area (Å²) < 4.78 is 113. The van der Waals surface area contributed by atoms with Gasteiger partial charge in [-0.3, -0.25) is 4.68 Å². The van der Waals surface area contributed by atoms with Gasteiger partial charge in [0.15, 0.2) is 11.8 Å². The molecule has 0 amide bonds. The highest BCUT2D eigenvalue weighted by atomic mass is 79.9. The lowest BCUT2D eigenvalue weighted by atomic mass is 10.1. The van der Waals surface area contributed by atoms with Gasteiger partial charge in [-0.05, 0) is 18.6 Å². The van der Waals surface area contributed by atoms with E-state index in [2.05, 4.69) is 21.0 Å². The van der Waals surface area contributed by atoms with Crippen LogP contribution in [0.2, 0.25) is 0 Å². The molecule has 0 aliphatic heterocycles. The minimum atomic E-state index is -5.20. The number of hydrogen-bond donors (Lipinski definition) is 0. The molecule has 1 aliphatic rings. The van der Waals surface area contributed by atoms with Crippen molar-refractivity contribution in [1.82, 2.24) is 9.78 Å². The van der Waals surface area contributed by atoms with Gasteiger partial charge in [-0.2, -0.15) is 31.4 Å². The number of rotatable bonds is 5. The first-order valence-corrected chi connectivity index (χ1v) is 9.67. The van der Waals surface area contributed by atoms with Gasteiger partial charge >= 0.3 is 24.2 Å². The summed E-state index contributed by atoms with van der Waals surface area (Å²) in [7, 11) is 0. The summed E-state index contributed by atoms with van der Waals surface area (Å²) in [5, 5.41) is 3.24. The van der Waals surface area contributed by atoms with E-state index in [9.17, 15) is 39.9 Å². The van der Waals surface area contributed by atoms with Crippen molar-refractivity contribution in [1.29, 1.82) is 0 Å². The van der Waals surface area contributed by atoms with Crippen LogP contribution in [-0.4, -0.2) is 27.8 Å². The van der Waals surface area contributed by atoms with Crippen LogP contribution in [0.3, 0.4) is 0 Å². The van der Waals surface area contributed by atoms with Gasteiger partial charge in [0.1, 0.15) is 4.83 Å². The first-order valence-electron chi connectivity index (χ1n) is 8.76. The summed E-state index contributed by atoms with van der Waals surface area (Å²) in [5.74, 6) is -5.29. The van der Waals surface area contributed by atoms with E-state index in [0.29, 0.717) is 4.68 Å². The topological polar surface area (TPSA) is 44.1 Å². The largest absolute Gasteiger partial charge is 0.447 e. The molecule has 0 fully saturated rings. The van der Waals surface area contributed by atoms with Gasteiger partial charge in [0, 0.05) is 13.0 Å². The lowest BCUT2D eigenvalue weighted by molar-refractivity contribution is -0.147. The zero-order chi connectivity index (χ0) is 23.2. The predicted octanol–water partition coefficient (Wildman–Crippen LogP) is 6.23. The highest BCUT2D eigenvalue weighted by Crippen LogP contribution is 2.59. The Hall–Kier alpha value is -2.18. The monoisotopic (exact) mass is 520 g/mol. The van der Waals surface area contributed by atoms with Crippen LogP contribution < -0.4 is 0 Å². The molecule has 1 heterocycles. The molecule has 0 spiro atoms. The van der Waals surface area contributed by atoms with Crippen LogP contribution >= 0.6 is 15.9 Å². The summed E-state index contributed by atoms with van der Waals surface area (Å²) in [5.41, 5.74) is -3.65. The summed E-state index contributed by atoms with van der Waals surface area (Å²) in [6, 6.07) is 6.80. The minimum Gasteiger partial charge on any atom is -0.447 e. The maximum absolute atomic E-state index is 14.9. The number of benzene rings is 1. The molecule has 0 saturated heterocycles. The molecule has 2 aromatic rings. The third kappa shape index (κ3) is 4.70. The number of hydrogen-bond acceptors (Lipinski definition) is 3. The molecule has 0 radical (unpaired) electrons. The number of aromatic nitrogens is 2. The Morgan fingerprint density at radius 2 is 1.74 bits per heavy atom. The SMILES string of the molecule is O=C(O[C@H]1c2c(C(F)(F)F)nn(CCCC(F)(F)F)c2C(Br)C1(F)F)c1ccccc1. The molecule has 170 valence electrons. The standard InChI is InChI=1S/C18H13BrF8N2O2/c19-12-11-10(13(18(25,26)27)28-29(11)8-4-7-16(20,21)22)14(17(12,23)24)31-15(30)9-5-2-1-3-6-9/h1-3,5-6,12,14H,4,7-8H2/t12?,14-/m0/s1. The lowest BCUT2D eigenvalue weighted by Crippen LogP contribution is -2.30. The molecule has 1 aromatic carbocycles. The Bertz CT molecular complexity index is 956. The van der Waals surface area contributed by atoms with E-state index in [1.807, 2.05) is 0 Å². The Labute approximate surface area is 178 Å². The van der Waals surface area contributed by atoms with E-state index >= 15 is 0 Å². The third-order valence-electron chi connectivity index (χ3n) is 4.55. The fourth-order valence-corrected chi connectivity index (χ4v) is 3.94. The number of halogens is 9. The highest BCUT2D eigenvalue weighted by Gasteiger charge is 2.62. The normalized spacial score (nSPS) is 20.5. The van der Waals surface area contributed by atoms with Gasteiger partial charge in [0.2, 0.25) is 0 Å². The number of carbonyl (C=O) groups is 1. The number of ether oxygens (including phenoxy) is 1. The lowest BCUT2D eigenvalue weighted by Gasteiger charge is -2.23. The van der Waals surface area contributed by atoms with Gasteiger partial charge in [-0.25, -0.2) is 13.6 Å². The molecule has 0 saturated carbocycles. The molecule has 1 aromatic heterocycles. The van der Waals surface area contributed by atoms with Crippen LogP contribution in [0.25, 0.3) is 0 Å². The summed E-state index contributed by atoms with van der Waals surface area (Å²) >= 11 is 2.62. The second-order valence-corrected chi connectivity index (χ2v) is 7.69. The van der Waals surface area contributed by atoms with Crippen molar-refractivity contribution in [2.75, 3.05) is 0 Å². The van der Waals surface area contributed by atoms with Crippen LogP contribution in [0.5, 0.6) is 0 Å². The fraction of sp³-hybridized carbons (Fsp3) is 0.444. The second kappa shape index (κ2) is 8.06. The van der Waals surface area contributed by atoms with Crippen molar-refractivity contribution in [3.05, 3.63) is 52.8 Å². The van der Waals surface area contributed by atoms with E-state index in [1.165, 1.54) is 30.3 Å². The van der Waals surface area contributed by atoms with Crippen molar-refractivity contribution in [3.8, 4) is 0 Å². The van der Waals surface area contributed by atoms with Crippen LogP contribution in [0, 0.1) is 0 Å². The van der Waals surface area contributed by atoms with Gasteiger partial charge < -0.3 is 4.74 Å². The molecule has 31 heavy (non-hydrogen) atoms. The summed E-state index contributed by atoms with van der Waals surface area (Å²) in [6.45, 7) is -0.685. The molecule has 4 nitrogen and oxygen atoms in total. The summed E-state index contributed by atoms with van der Waals surface area (Å²) in [4.78, 5) is 10.2. The number of carbonyl (C=O) groups excluding carboxylic acids is 1. The minimum absolute atomic E-state index is 0.163. The van der Waals surface area contributed by atoms with Crippen molar-refractivity contribution in [2.45, 2.75) is 48.6 Å². The first kappa shape index (κ1) is 23.5. The number of aryl methyl sites for hydroxylation is 1. The van der Waals surface area contributed by atoms with Crippen molar-refractivity contribution in [3.63, 3.8) is 0 Å². The van der Waals surface area contributed by atoms with Crippen LogP contribution in [-0.2, 0) is 17.5 Å². The molecule has 13 heteroatoms. The van der Waals surface area contributed by atoms with Crippen molar-refractivity contribution in [2.24, 2.45) is 0 Å². The predicted molar refractivity (Wildman–Crippen MR) is 93.7 cm³/mol. The molecule has 0 bridgehead atoms. The van der Waals surface area contributed by atoms with Crippen LogP contribution in [0.1, 0.15) is 51.1 Å². The molecule has 3 rings (SSSR count). The average Bonchev–Trinajstić information content (AvgIpc) is 3.11. The molecule has 1 unspecified atom stereocenters. The van der Waals surface area contributed by atoms with Gasteiger partial charge in [-0.1, -0.05) is 34.1 Å². The van der Waals surface area contributed by atoms with E-state index in [1.54, 1.807) is 0 Å². The number of esters is 1. The fourth-order valence-electron chi connectivity index (χ4n) is 3.22. The zero-order valence-electron chi connectivity index (χ0n) is 15.3. The quantitative estimate of drug-likeness (QED) is 0.267. The molecule has 1 aliphatic carbocycles. The third-order valence-corrected chi connectivity index (χ3v) is 5.60. The number of fused-ring (bicyclic) bond motifs is 1. The van der Waals surface area contributed by atoms with Crippen LogP contribution in [0.4, 0.5) is 35.1 Å². The van der Waals surface area contributed by atoms with E-state index in [4.69, 9.17) is 4.74 Å². The smallest absolute Gasteiger partial charge is 0.435 e. The van der Waals surface area contributed by atoms with E-state index in [-0.39, 0.29) is 5.56 Å². The van der Waals surface area contributed by atoms with E-state index in [0.717, 1.165) is 0 Å². The Morgan fingerprint density at radius 3 is 2.29 bits per heavy atom. The molecular weight excluding hydrogens is 508 g/mol. The van der Waals surface area contributed by atoms with Gasteiger partial charge in [-0.15, -0.1) is 0 Å². The maximum Gasteiger partial charge on any atom is 0.435 e. The second-order valence-electron chi connectivity index (χ2n) is 6.78. The Morgan fingerprint density at radius 1 is 1.13 bits per heavy atom. The Kier molecular flexibility index (Phi) is 6.11. The summed E-state index contributed by atoms with van der Waals surface area (Å²) in [6.07, 6.45) is -14.4. The molecular formula is C18H13BrF8N2O2. The number of nitrogens with zero attached hydrogens (tertiary/aromatic N) is 2. The van der Waals surface area contributed by atoms with Crippen LogP contribution in [0.15, 0.2) is 30.3 Å². The first-order chi connectivity index (χ1) is 14.2.